The fraction of sp³-hybridized carbons (Fsp3) is 0.857. The molecule has 0 amide bonds. The molecule has 0 aromatic carbocycles. The molecule has 16 heavy (non-hydrogen) atoms. The predicted molar refractivity (Wildman–Crippen MR) is 63.1 cm³/mol. The first kappa shape index (κ1) is 10.8. The van der Waals surface area contributed by atoms with E-state index in [-0.39, 0.29) is 0 Å². The summed E-state index contributed by atoms with van der Waals surface area (Å²) in [7, 11) is 1.71. The third kappa shape index (κ3) is 1.10. The fourth-order valence-corrected chi connectivity index (χ4v) is 4.94. The third-order valence-corrected chi connectivity index (χ3v) is 5.53. The van der Waals surface area contributed by atoms with Crippen LogP contribution in [0.3, 0.4) is 0 Å². The molecule has 0 aliphatic heterocycles. The molecule has 0 unspecified atom stereocenters. The zero-order chi connectivity index (χ0) is 11.2. The Bertz CT molecular complexity index is 312. The van der Waals surface area contributed by atoms with Crippen LogP contribution in [0.25, 0.3) is 0 Å². The molecule has 0 saturated heterocycles. The van der Waals surface area contributed by atoms with Crippen LogP contribution >= 0.6 is 0 Å². The van der Waals surface area contributed by atoms with Gasteiger partial charge in [-0.2, -0.15) is 0 Å². The van der Waals surface area contributed by atoms with Gasteiger partial charge in [-0.05, 0) is 43.9 Å². The van der Waals surface area contributed by atoms with E-state index in [0.29, 0.717) is 23.7 Å². The number of methoxy groups -OCH3 is 1. The Morgan fingerprint density at radius 1 is 1.31 bits per heavy atom. The summed E-state index contributed by atoms with van der Waals surface area (Å²) in [6, 6.07) is 0. The molecule has 0 aromatic rings. The molecular formula is C14H22O2. The zero-order valence-electron chi connectivity index (χ0n) is 10.3. The summed E-state index contributed by atoms with van der Waals surface area (Å²) in [5, 5.41) is 0. The van der Waals surface area contributed by atoms with Crippen molar-refractivity contribution < 1.29 is 9.47 Å². The van der Waals surface area contributed by atoms with Gasteiger partial charge in [0, 0.05) is 12.5 Å². The average molecular weight is 222 g/mol. The third-order valence-electron chi connectivity index (χ3n) is 5.53. The quantitative estimate of drug-likeness (QED) is 0.539. The predicted octanol–water partition coefficient (Wildman–Crippen LogP) is 3.28. The van der Waals surface area contributed by atoms with E-state index >= 15 is 0 Å². The van der Waals surface area contributed by atoms with Crippen molar-refractivity contribution in [1.82, 2.24) is 0 Å². The van der Waals surface area contributed by atoms with E-state index in [1.807, 2.05) is 0 Å². The highest BCUT2D eigenvalue weighted by atomic mass is 16.7. The second kappa shape index (κ2) is 3.58. The maximum absolute atomic E-state index is 5.95. The Kier molecular flexibility index (Phi) is 2.41. The zero-order valence-corrected chi connectivity index (χ0v) is 10.3. The summed E-state index contributed by atoms with van der Waals surface area (Å²) >= 11 is 0. The minimum absolute atomic E-state index is 0.325. The summed E-state index contributed by atoms with van der Waals surface area (Å²) < 4.78 is 11.0. The van der Waals surface area contributed by atoms with E-state index in [4.69, 9.17) is 9.47 Å². The summed E-state index contributed by atoms with van der Waals surface area (Å²) in [6.45, 7) is 4.80. The Labute approximate surface area is 98.0 Å². The molecule has 0 spiro atoms. The molecule has 0 aromatic heterocycles. The first-order chi connectivity index (χ1) is 7.75. The van der Waals surface area contributed by atoms with Gasteiger partial charge in [0.25, 0.3) is 0 Å². The summed E-state index contributed by atoms with van der Waals surface area (Å²) in [5.41, 5.74) is 2.36. The summed E-state index contributed by atoms with van der Waals surface area (Å²) in [6.07, 6.45) is 9.60. The van der Waals surface area contributed by atoms with E-state index in [0.717, 1.165) is 0 Å². The van der Waals surface area contributed by atoms with Crippen molar-refractivity contribution in [3.8, 4) is 0 Å². The molecule has 0 heterocycles. The van der Waals surface area contributed by atoms with Crippen molar-refractivity contribution in [2.75, 3.05) is 13.9 Å². The molecule has 0 N–H and O–H groups in total. The van der Waals surface area contributed by atoms with Crippen LogP contribution in [0.15, 0.2) is 12.2 Å². The van der Waals surface area contributed by atoms with Gasteiger partial charge in [0.1, 0.15) is 6.79 Å². The van der Waals surface area contributed by atoms with Gasteiger partial charge in [0.05, 0.1) is 6.10 Å². The minimum Gasteiger partial charge on any atom is -0.359 e. The van der Waals surface area contributed by atoms with Crippen LogP contribution < -0.4 is 0 Å². The van der Waals surface area contributed by atoms with Gasteiger partial charge < -0.3 is 9.47 Å². The number of ether oxygens (including phenoxy) is 2. The van der Waals surface area contributed by atoms with Gasteiger partial charge in [0.2, 0.25) is 0 Å². The van der Waals surface area contributed by atoms with Gasteiger partial charge in [-0.25, -0.2) is 0 Å². The highest BCUT2D eigenvalue weighted by Gasteiger charge is 2.66. The van der Waals surface area contributed by atoms with Crippen molar-refractivity contribution in [1.29, 1.82) is 0 Å². The van der Waals surface area contributed by atoms with E-state index < -0.39 is 0 Å². The van der Waals surface area contributed by atoms with E-state index in [2.05, 4.69) is 6.58 Å². The highest BCUT2D eigenvalue weighted by Crippen LogP contribution is 2.73. The van der Waals surface area contributed by atoms with E-state index in [9.17, 15) is 0 Å². The lowest BCUT2D eigenvalue weighted by atomic mass is 9.68. The maximum atomic E-state index is 5.95. The summed E-state index contributed by atoms with van der Waals surface area (Å²) in [4.78, 5) is 0. The van der Waals surface area contributed by atoms with Crippen molar-refractivity contribution in [3.05, 3.63) is 12.2 Å². The van der Waals surface area contributed by atoms with Crippen LogP contribution in [0.5, 0.6) is 0 Å². The lowest BCUT2D eigenvalue weighted by Crippen LogP contribution is -2.38. The molecular weight excluding hydrogens is 200 g/mol. The topological polar surface area (TPSA) is 18.5 Å². The smallest absolute Gasteiger partial charge is 0.146 e. The normalized spacial score (nSPS) is 46.1. The molecule has 2 nitrogen and oxygen atoms in total. The molecule has 3 fully saturated rings. The number of hydrogen-bond donors (Lipinski definition) is 0. The SMILES string of the molecule is C=C1CC[C@]23CCC[C@]12[C@@H](OCOC)CC3. The van der Waals surface area contributed by atoms with Crippen molar-refractivity contribution >= 4 is 0 Å². The first-order valence-corrected chi connectivity index (χ1v) is 6.54. The van der Waals surface area contributed by atoms with Gasteiger partial charge in [0.15, 0.2) is 0 Å². The molecule has 3 rings (SSSR count). The van der Waals surface area contributed by atoms with Crippen LogP contribution in [-0.4, -0.2) is 20.0 Å². The molecule has 3 atom stereocenters. The molecule has 2 heteroatoms. The molecule has 0 bridgehead atoms. The molecule has 90 valence electrons. The average Bonchev–Trinajstić information content (AvgIpc) is 2.85. The fourth-order valence-electron chi connectivity index (χ4n) is 4.94. The molecule has 3 aliphatic rings. The highest BCUT2D eigenvalue weighted by molar-refractivity contribution is 5.31. The van der Waals surface area contributed by atoms with Gasteiger partial charge in [-0.1, -0.05) is 18.6 Å². The Morgan fingerprint density at radius 3 is 3.00 bits per heavy atom. The van der Waals surface area contributed by atoms with Crippen LogP contribution in [0.1, 0.15) is 44.9 Å². The van der Waals surface area contributed by atoms with Crippen molar-refractivity contribution in [2.24, 2.45) is 10.8 Å². The Morgan fingerprint density at radius 2 is 2.19 bits per heavy atom. The van der Waals surface area contributed by atoms with Gasteiger partial charge in [-0.3, -0.25) is 0 Å². The van der Waals surface area contributed by atoms with Gasteiger partial charge in [-0.15, -0.1) is 0 Å². The lowest BCUT2D eigenvalue weighted by molar-refractivity contribution is -0.107. The van der Waals surface area contributed by atoms with Gasteiger partial charge >= 0.3 is 0 Å². The Hall–Kier alpha value is -0.340. The number of rotatable bonds is 3. The standard InChI is InChI=1S/C14H22O2/c1-11-4-8-13-6-3-7-14(11,13)12(5-9-13)16-10-15-2/h12H,1,3-10H2,2H3/t12-,13-,14+/m0/s1. The first-order valence-electron chi connectivity index (χ1n) is 6.54. The molecule has 3 saturated carbocycles. The minimum atomic E-state index is 0.325. The monoisotopic (exact) mass is 222 g/mol. The summed E-state index contributed by atoms with van der Waals surface area (Å²) in [5.74, 6) is 0. The van der Waals surface area contributed by atoms with E-state index in [1.165, 1.54) is 50.5 Å². The lowest BCUT2D eigenvalue weighted by Gasteiger charge is -2.39. The second-order valence-corrected chi connectivity index (χ2v) is 5.81. The molecule has 0 radical (unpaired) electrons. The van der Waals surface area contributed by atoms with Crippen LogP contribution in [0.2, 0.25) is 0 Å². The Balaban J connectivity index is 1.91. The van der Waals surface area contributed by atoms with E-state index in [1.54, 1.807) is 7.11 Å². The van der Waals surface area contributed by atoms with Crippen LogP contribution in [-0.2, 0) is 9.47 Å². The van der Waals surface area contributed by atoms with Crippen molar-refractivity contribution in [3.63, 3.8) is 0 Å². The maximum Gasteiger partial charge on any atom is 0.146 e. The van der Waals surface area contributed by atoms with Crippen LogP contribution in [0.4, 0.5) is 0 Å². The largest absolute Gasteiger partial charge is 0.359 e. The van der Waals surface area contributed by atoms with Crippen molar-refractivity contribution in [2.45, 2.75) is 51.0 Å². The second-order valence-electron chi connectivity index (χ2n) is 5.81. The number of hydrogen-bond acceptors (Lipinski definition) is 2. The van der Waals surface area contributed by atoms with Crippen LogP contribution in [0, 0.1) is 10.8 Å². The molecule has 3 aliphatic carbocycles.